The average molecular weight is 297 g/mol. The highest BCUT2D eigenvalue weighted by molar-refractivity contribution is 7.80. The lowest BCUT2D eigenvalue weighted by Crippen LogP contribution is -2.28. The van der Waals surface area contributed by atoms with Crippen molar-refractivity contribution < 1.29 is 4.74 Å². The SMILES string of the molecule is NC(=S)N/N=C1/C[C@H](c2ccccc2)Oc2ccccc21. The summed E-state index contributed by atoms with van der Waals surface area (Å²) in [5, 5.41) is 4.48. The van der Waals surface area contributed by atoms with Crippen LogP contribution in [0.3, 0.4) is 0 Å². The van der Waals surface area contributed by atoms with E-state index in [-0.39, 0.29) is 11.2 Å². The third kappa shape index (κ3) is 3.03. The predicted octanol–water partition coefficient (Wildman–Crippen LogP) is 2.75. The fourth-order valence-electron chi connectivity index (χ4n) is 2.37. The quantitative estimate of drug-likeness (QED) is 0.661. The molecular formula is C16H15N3OS. The summed E-state index contributed by atoms with van der Waals surface area (Å²) in [6.45, 7) is 0. The molecule has 1 atom stereocenters. The molecule has 2 aromatic carbocycles. The standard InChI is InChI=1S/C16H15N3OS/c17-16(21)19-18-13-10-15(11-6-2-1-3-7-11)20-14-9-5-4-8-12(13)14/h1-9,15H,10H2,(H3,17,19,21)/b18-13-/t15-/m1/s1. The van der Waals surface area contributed by atoms with Gasteiger partial charge in [0.1, 0.15) is 11.9 Å². The number of benzene rings is 2. The number of hydrogen-bond acceptors (Lipinski definition) is 3. The molecule has 5 heteroatoms. The summed E-state index contributed by atoms with van der Waals surface area (Å²) in [5.41, 5.74) is 11.1. The molecule has 4 nitrogen and oxygen atoms in total. The number of fused-ring (bicyclic) bond motifs is 1. The summed E-state index contributed by atoms with van der Waals surface area (Å²) in [6, 6.07) is 17.9. The average Bonchev–Trinajstić information content (AvgIpc) is 2.53. The molecule has 0 amide bonds. The van der Waals surface area contributed by atoms with Crippen molar-refractivity contribution in [3.63, 3.8) is 0 Å². The number of hydrogen-bond donors (Lipinski definition) is 2. The van der Waals surface area contributed by atoms with Gasteiger partial charge >= 0.3 is 0 Å². The van der Waals surface area contributed by atoms with Gasteiger partial charge in [0.2, 0.25) is 0 Å². The number of para-hydroxylation sites is 1. The number of nitrogens with zero attached hydrogens (tertiary/aromatic N) is 1. The summed E-state index contributed by atoms with van der Waals surface area (Å²) in [7, 11) is 0. The van der Waals surface area contributed by atoms with Crippen LogP contribution >= 0.6 is 12.2 Å². The zero-order chi connectivity index (χ0) is 14.7. The second-order valence-electron chi connectivity index (χ2n) is 4.75. The van der Waals surface area contributed by atoms with Gasteiger partial charge in [0, 0.05) is 12.0 Å². The summed E-state index contributed by atoms with van der Waals surface area (Å²) >= 11 is 4.81. The lowest BCUT2D eigenvalue weighted by Gasteiger charge is -2.27. The Hall–Kier alpha value is -2.40. The van der Waals surface area contributed by atoms with Crippen LogP contribution in [-0.4, -0.2) is 10.8 Å². The van der Waals surface area contributed by atoms with Crippen molar-refractivity contribution in [2.24, 2.45) is 10.8 Å². The zero-order valence-corrected chi connectivity index (χ0v) is 12.1. The van der Waals surface area contributed by atoms with E-state index in [2.05, 4.69) is 22.7 Å². The van der Waals surface area contributed by atoms with Crippen molar-refractivity contribution in [2.75, 3.05) is 0 Å². The van der Waals surface area contributed by atoms with E-state index in [1.54, 1.807) is 0 Å². The topological polar surface area (TPSA) is 59.6 Å². The molecule has 1 heterocycles. The van der Waals surface area contributed by atoms with Crippen LogP contribution in [0, 0.1) is 0 Å². The smallest absolute Gasteiger partial charge is 0.184 e. The van der Waals surface area contributed by atoms with Crippen LogP contribution in [0.5, 0.6) is 5.75 Å². The molecule has 0 fully saturated rings. The van der Waals surface area contributed by atoms with Crippen molar-refractivity contribution in [2.45, 2.75) is 12.5 Å². The molecule has 2 aromatic rings. The van der Waals surface area contributed by atoms with Crippen molar-refractivity contribution in [3.05, 3.63) is 65.7 Å². The predicted molar refractivity (Wildman–Crippen MR) is 87.3 cm³/mol. The van der Waals surface area contributed by atoms with Gasteiger partial charge in [-0.3, -0.25) is 5.43 Å². The third-order valence-corrected chi connectivity index (χ3v) is 3.41. The van der Waals surface area contributed by atoms with Crippen molar-refractivity contribution in [1.29, 1.82) is 0 Å². The second-order valence-corrected chi connectivity index (χ2v) is 5.19. The van der Waals surface area contributed by atoms with E-state index in [1.165, 1.54) is 0 Å². The molecule has 0 saturated carbocycles. The molecule has 0 spiro atoms. The van der Waals surface area contributed by atoms with Crippen LogP contribution in [0.4, 0.5) is 0 Å². The number of rotatable bonds is 2. The molecule has 0 radical (unpaired) electrons. The first kappa shape index (κ1) is 13.6. The van der Waals surface area contributed by atoms with Crippen molar-refractivity contribution in [1.82, 2.24) is 5.43 Å². The summed E-state index contributed by atoms with van der Waals surface area (Å²) in [6.07, 6.45) is 0.601. The first-order valence-electron chi connectivity index (χ1n) is 6.67. The van der Waals surface area contributed by atoms with Gasteiger partial charge in [-0.15, -0.1) is 0 Å². The minimum absolute atomic E-state index is 0.0620. The van der Waals surface area contributed by atoms with E-state index in [1.807, 2.05) is 42.5 Å². The van der Waals surface area contributed by atoms with Crippen LogP contribution in [0.1, 0.15) is 23.7 Å². The van der Waals surface area contributed by atoms with E-state index in [4.69, 9.17) is 22.7 Å². The maximum atomic E-state index is 6.08. The third-order valence-electron chi connectivity index (χ3n) is 3.32. The summed E-state index contributed by atoms with van der Waals surface area (Å²) in [4.78, 5) is 0. The Labute approximate surface area is 128 Å². The van der Waals surface area contributed by atoms with Gasteiger partial charge in [-0.05, 0) is 29.9 Å². The molecule has 106 valence electrons. The van der Waals surface area contributed by atoms with Gasteiger partial charge in [0.15, 0.2) is 5.11 Å². The number of ether oxygens (including phenoxy) is 1. The molecular weight excluding hydrogens is 282 g/mol. The van der Waals surface area contributed by atoms with Gasteiger partial charge in [-0.2, -0.15) is 5.10 Å². The maximum absolute atomic E-state index is 6.08. The van der Waals surface area contributed by atoms with Gasteiger partial charge in [0.25, 0.3) is 0 Å². The van der Waals surface area contributed by atoms with Gasteiger partial charge in [-0.25, -0.2) is 0 Å². The summed E-state index contributed by atoms with van der Waals surface area (Å²) < 4.78 is 6.08. The monoisotopic (exact) mass is 297 g/mol. The van der Waals surface area contributed by atoms with E-state index >= 15 is 0 Å². The lowest BCUT2D eigenvalue weighted by molar-refractivity contribution is 0.206. The Morgan fingerprint density at radius 2 is 1.86 bits per heavy atom. The number of nitrogens with one attached hydrogen (secondary N) is 1. The van der Waals surface area contributed by atoms with E-state index in [0.29, 0.717) is 6.42 Å². The van der Waals surface area contributed by atoms with E-state index in [9.17, 15) is 0 Å². The highest BCUT2D eigenvalue weighted by Crippen LogP contribution is 2.34. The zero-order valence-electron chi connectivity index (χ0n) is 11.3. The van der Waals surface area contributed by atoms with E-state index in [0.717, 1.165) is 22.6 Å². The van der Waals surface area contributed by atoms with Crippen molar-refractivity contribution >= 4 is 23.0 Å². The normalized spacial score (nSPS) is 18.7. The molecule has 3 rings (SSSR count). The highest BCUT2D eigenvalue weighted by Gasteiger charge is 2.25. The van der Waals surface area contributed by atoms with Crippen molar-refractivity contribution in [3.8, 4) is 5.75 Å². The minimum atomic E-state index is -0.0620. The first-order chi connectivity index (χ1) is 10.2. The fraction of sp³-hybridized carbons (Fsp3) is 0.125. The van der Waals surface area contributed by atoms with Gasteiger partial charge < -0.3 is 10.5 Å². The van der Waals surface area contributed by atoms with Gasteiger partial charge in [0.05, 0.1) is 5.71 Å². The maximum Gasteiger partial charge on any atom is 0.184 e. The van der Waals surface area contributed by atoms with Crippen LogP contribution in [-0.2, 0) is 0 Å². The lowest BCUT2D eigenvalue weighted by atomic mass is 9.96. The molecule has 1 aliphatic rings. The van der Waals surface area contributed by atoms with Crippen LogP contribution in [0.15, 0.2) is 59.7 Å². The van der Waals surface area contributed by atoms with Crippen LogP contribution in [0.2, 0.25) is 0 Å². The van der Waals surface area contributed by atoms with Gasteiger partial charge in [-0.1, -0.05) is 42.5 Å². The number of hydrazone groups is 1. The Bertz CT molecular complexity index is 685. The Kier molecular flexibility index (Phi) is 3.83. The Morgan fingerprint density at radius 3 is 2.62 bits per heavy atom. The molecule has 0 unspecified atom stereocenters. The first-order valence-corrected chi connectivity index (χ1v) is 7.08. The van der Waals surface area contributed by atoms with Crippen LogP contribution in [0.25, 0.3) is 0 Å². The highest BCUT2D eigenvalue weighted by atomic mass is 32.1. The minimum Gasteiger partial charge on any atom is -0.485 e. The largest absolute Gasteiger partial charge is 0.485 e. The molecule has 3 N–H and O–H groups in total. The number of nitrogens with two attached hydrogens (primary N) is 1. The molecule has 21 heavy (non-hydrogen) atoms. The molecule has 0 aromatic heterocycles. The Balaban J connectivity index is 1.96. The summed E-state index contributed by atoms with van der Waals surface area (Å²) in [5.74, 6) is 0.820. The molecule has 0 saturated heterocycles. The molecule has 1 aliphatic heterocycles. The fourth-order valence-corrected chi connectivity index (χ4v) is 2.42. The molecule has 0 bridgehead atoms. The molecule has 0 aliphatic carbocycles. The second kappa shape index (κ2) is 5.93. The Morgan fingerprint density at radius 1 is 1.14 bits per heavy atom. The number of thiocarbonyl (C=S) groups is 1. The van der Waals surface area contributed by atoms with Crippen LogP contribution < -0.4 is 15.9 Å². The van der Waals surface area contributed by atoms with E-state index < -0.39 is 0 Å².